The maximum absolute atomic E-state index is 13.7. The number of rotatable bonds is 4. The molecule has 1 unspecified atom stereocenters. The lowest BCUT2D eigenvalue weighted by molar-refractivity contribution is -0.139. The molecule has 1 atom stereocenters. The molecular weight excluding hydrogens is 418 g/mol. The molecule has 7 nitrogen and oxygen atoms in total. The zero-order valence-corrected chi connectivity index (χ0v) is 18.3. The Morgan fingerprint density at radius 1 is 1.13 bits per heavy atom. The summed E-state index contributed by atoms with van der Waals surface area (Å²) < 4.78 is 7.90. The van der Waals surface area contributed by atoms with Crippen molar-refractivity contribution in [3.05, 3.63) is 73.9 Å². The Bertz CT molecular complexity index is 1260. The van der Waals surface area contributed by atoms with Crippen molar-refractivity contribution in [2.45, 2.75) is 26.3 Å². The van der Waals surface area contributed by atoms with Gasteiger partial charge in [0.05, 0.1) is 29.8 Å². The predicted octanol–water partition coefficient (Wildman–Crippen LogP) is 2.92. The summed E-state index contributed by atoms with van der Waals surface area (Å²) in [6.45, 7) is 5.62. The quantitative estimate of drug-likeness (QED) is 0.624. The Balaban J connectivity index is 1.98. The van der Waals surface area contributed by atoms with Gasteiger partial charge in [0.1, 0.15) is 6.04 Å². The van der Waals surface area contributed by atoms with Crippen molar-refractivity contribution in [3.8, 4) is 5.69 Å². The largest absolute Gasteiger partial charge is 0.378 e. The fraction of sp³-hybridized carbons (Fsp3) is 0.348. The Morgan fingerprint density at radius 3 is 2.52 bits per heavy atom. The number of hydrogen-bond donors (Lipinski definition) is 0. The number of hydrogen-bond acceptors (Lipinski definition) is 4. The van der Waals surface area contributed by atoms with Gasteiger partial charge in [-0.25, -0.2) is 9.36 Å². The van der Waals surface area contributed by atoms with Gasteiger partial charge in [-0.15, -0.1) is 0 Å². The molecule has 0 bridgehead atoms. The highest BCUT2D eigenvalue weighted by Crippen LogP contribution is 2.22. The molecule has 1 amide bonds. The molecular formula is C23H24ClN3O4. The molecule has 1 aromatic heterocycles. The zero-order valence-electron chi connectivity index (χ0n) is 17.5. The average molecular weight is 442 g/mol. The van der Waals surface area contributed by atoms with Crippen LogP contribution in [0.4, 0.5) is 0 Å². The lowest BCUT2D eigenvalue weighted by atomic mass is 10.1. The molecule has 0 radical (unpaired) electrons. The van der Waals surface area contributed by atoms with E-state index in [1.807, 2.05) is 13.8 Å². The number of benzene rings is 2. The molecule has 0 aliphatic carbocycles. The van der Waals surface area contributed by atoms with Crippen LogP contribution in [-0.4, -0.2) is 46.2 Å². The molecule has 2 heterocycles. The third kappa shape index (κ3) is 3.79. The monoisotopic (exact) mass is 441 g/mol. The topological polar surface area (TPSA) is 73.5 Å². The van der Waals surface area contributed by atoms with Gasteiger partial charge in [-0.3, -0.25) is 14.2 Å². The first-order valence-corrected chi connectivity index (χ1v) is 10.7. The van der Waals surface area contributed by atoms with E-state index in [4.69, 9.17) is 16.3 Å². The average Bonchev–Trinajstić information content (AvgIpc) is 2.79. The second-order valence-corrected chi connectivity index (χ2v) is 8.01. The van der Waals surface area contributed by atoms with Gasteiger partial charge in [-0.2, -0.15) is 0 Å². The van der Waals surface area contributed by atoms with E-state index < -0.39 is 17.3 Å². The smallest absolute Gasteiger partial charge is 0.336 e. The van der Waals surface area contributed by atoms with Gasteiger partial charge in [-0.1, -0.05) is 36.7 Å². The highest BCUT2D eigenvalue weighted by molar-refractivity contribution is 6.31. The number of para-hydroxylation sites is 1. The van der Waals surface area contributed by atoms with Crippen LogP contribution in [0.3, 0.4) is 0 Å². The highest BCUT2D eigenvalue weighted by Gasteiger charge is 2.29. The molecule has 0 N–H and O–H groups in total. The number of carbonyl (C=O) groups is 1. The Labute approximate surface area is 184 Å². The van der Waals surface area contributed by atoms with Crippen molar-refractivity contribution < 1.29 is 9.53 Å². The van der Waals surface area contributed by atoms with Crippen molar-refractivity contribution >= 4 is 28.4 Å². The zero-order chi connectivity index (χ0) is 22.1. The van der Waals surface area contributed by atoms with E-state index in [2.05, 4.69) is 0 Å². The molecule has 0 saturated carbocycles. The predicted molar refractivity (Wildman–Crippen MR) is 120 cm³/mol. The minimum absolute atomic E-state index is 0.148. The van der Waals surface area contributed by atoms with Gasteiger partial charge in [-0.05, 0) is 43.2 Å². The maximum Gasteiger partial charge on any atom is 0.336 e. The van der Waals surface area contributed by atoms with E-state index in [0.717, 1.165) is 10.1 Å². The summed E-state index contributed by atoms with van der Waals surface area (Å²) >= 11 is 6.27. The van der Waals surface area contributed by atoms with Crippen molar-refractivity contribution in [1.29, 1.82) is 0 Å². The van der Waals surface area contributed by atoms with Crippen molar-refractivity contribution in [2.75, 3.05) is 26.3 Å². The van der Waals surface area contributed by atoms with Crippen LogP contribution in [0.25, 0.3) is 16.6 Å². The highest BCUT2D eigenvalue weighted by atomic mass is 35.5. The second kappa shape index (κ2) is 8.69. The molecule has 2 aromatic carbocycles. The summed E-state index contributed by atoms with van der Waals surface area (Å²) in [6.07, 6.45) is 0.410. The number of aryl methyl sites for hydroxylation is 1. The van der Waals surface area contributed by atoms with Crippen molar-refractivity contribution in [1.82, 2.24) is 14.0 Å². The lowest BCUT2D eigenvalue weighted by Gasteiger charge is -2.31. The molecule has 1 fully saturated rings. The van der Waals surface area contributed by atoms with Crippen LogP contribution in [0, 0.1) is 6.92 Å². The van der Waals surface area contributed by atoms with Crippen LogP contribution in [0.2, 0.25) is 5.02 Å². The summed E-state index contributed by atoms with van der Waals surface area (Å²) in [5.41, 5.74) is 0.662. The van der Waals surface area contributed by atoms with Crippen LogP contribution in [0.1, 0.15) is 24.9 Å². The van der Waals surface area contributed by atoms with Crippen LogP contribution < -0.4 is 11.2 Å². The van der Waals surface area contributed by atoms with Gasteiger partial charge in [0.15, 0.2) is 0 Å². The minimum Gasteiger partial charge on any atom is -0.378 e. The first-order chi connectivity index (χ1) is 14.9. The van der Waals surface area contributed by atoms with Gasteiger partial charge < -0.3 is 9.64 Å². The second-order valence-electron chi connectivity index (χ2n) is 7.61. The molecule has 1 saturated heterocycles. The van der Waals surface area contributed by atoms with Crippen LogP contribution in [0.5, 0.6) is 0 Å². The first-order valence-electron chi connectivity index (χ1n) is 10.3. The number of carbonyl (C=O) groups excluding carboxylic acids is 1. The number of fused-ring (bicyclic) bond motifs is 1. The van der Waals surface area contributed by atoms with E-state index in [-0.39, 0.29) is 5.91 Å². The standard InChI is InChI=1S/C23H24ClN3O4/c1-3-19(22(29)25-10-12-31-13-11-25)27-20-7-5-4-6-17(20)21(28)26(23(27)30)16-9-8-15(2)18(24)14-16/h4-9,14,19H,3,10-13H2,1-2H3. The Hall–Kier alpha value is -2.90. The number of halogens is 1. The maximum atomic E-state index is 13.7. The summed E-state index contributed by atoms with van der Waals surface area (Å²) in [7, 11) is 0. The van der Waals surface area contributed by atoms with Crippen LogP contribution in [-0.2, 0) is 9.53 Å². The van der Waals surface area contributed by atoms with E-state index >= 15 is 0 Å². The number of ether oxygens (including phenoxy) is 1. The van der Waals surface area contributed by atoms with E-state index in [1.165, 1.54) is 4.57 Å². The van der Waals surface area contributed by atoms with Gasteiger partial charge in [0, 0.05) is 18.1 Å². The summed E-state index contributed by atoms with van der Waals surface area (Å²) in [5.74, 6) is -0.148. The molecule has 0 spiro atoms. The number of aromatic nitrogens is 2. The summed E-state index contributed by atoms with van der Waals surface area (Å²) in [4.78, 5) is 42.0. The van der Waals surface area contributed by atoms with E-state index in [9.17, 15) is 14.4 Å². The first kappa shape index (κ1) is 21.3. The number of amides is 1. The molecule has 4 rings (SSSR count). The molecule has 3 aromatic rings. The van der Waals surface area contributed by atoms with Gasteiger partial charge in [0.2, 0.25) is 5.91 Å². The van der Waals surface area contributed by atoms with Gasteiger partial charge >= 0.3 is 5.69 Å². The molecule has 162 valence electrons. The van der Waals surface area contributed by atoms with E-state index in [1.54, 1.807) is 47.4 Å². The SMILES string of the molecule is CCC(C(=O)N1CCOCC1)n1c(=O)n(-c2ccc(C)c(Cl)c2)c(=O)c2ccccc21. The fourth-order valence-corrected chi connectivity index (χ4v) is 4.17. The third-order valence-corrected chi connectivity index (χ3v) is 6.12. The Morgan fingerprint density at radius 2 is 1.84 bits per heavy atom. The lowest BCUT2D eigenvalue weighted by Crippen LogP contribution is -2.48. The van der Waals surface area contributed by atoms with Crippen molar-refractivity contribution in [2.24, 2.45) is 0 Å². The molecule has 31 heavy (non-hydrogen) atoms. The fourth-order valence-electron chi connectivity index (χ4n) is 3.99. The number of nitrogens with zero attached hydrogens (tertiary/aromatic N) is 3. The molecule has 1 aliphatic heterocycles. The Kier molecular flexibility index (Phi) is 5.98. The molecule has 1 aliphatic rings. The van der Waals surface area contributed by atoms with E-state index in [0.29, 0.717) is 54.3 Å². The summed E-state index contributed by atoms with van der Waals surface area (Å²) in [5, 5.41) is 0.826. The van der Waals surface area contributed by atoms with Gasteiger partial charge in [0.25, 0.3) is 5.56 Å². The third-order valence-electron chi connectivity index (χ3n) is 5.71. The normalized spacial score (nSPS) is 15.3. The van der Waals surface area contributed by atoms with Crippen LogP contribution >= 0.6 is 11.6 Å². The number of morpholine rings is 1. The van der Waals surface area contributed by atoms with Crippen molar-refractivity contribution in [3.63, 3.8) is 0 Å². The molecule has 8 heteroatoms. The van der Waals surface area contributed by atoms with Crippen LogP contribution in [0.15, 0.2) is 52.1 Å². The minimum atomic E-state index is -0.733. The summed E-state index contributed by atoms with van der Waals surface area (Å²) in [6, 6.07) is 11.2.